The first-order valence-electron chi connectivity index (χ1n) is 22.2. The third kappa shape index (κ3) is 6.46. The van der Waals surface area contributed by atoms with Crippen LogP contribution >= 0.6 is 0 Å². The topological polar surface area (TPSA) is 33.8 Å². The molecule has 3 aromatic carbocycles. The predicted octanol–water partition coefficient (Wildman–Crippen LogP) is 14.1. The first kappa shape index (κ1) is 39.1. The molecule has 2 aliphatic heterocycles. The molecule has 9 rings (SSSR count). The molecule has 0 radical (unpaired) electrons. The van der Waals surface area contributed by atoms with Crippen molar-refractivity contribution in [3.05, 3.63) is 142 Å². The van der Waals surface area contributed by atoms with Gasteiger partial charge in [-0.1, -0.05) is 89.6 Å². The van der Waals surface area contributed by atoms with Gasteiger partial charge in [-0.15, -0.1) is 0 Å². The van der Waals surface area contributed by atoms with E-state index in [9.17, 15) is 0 Å². The van der Waals surface area contributed by atoms with Crippen LogP contribution in [-0.4, -0.2) is 4.98 Å². The molecule has 0 spiro atoms. The maximum atomic E-state index is 7.13. The minimum Gasteiger partial charge on any atom is -0.437 e. The minimum absolute atomic E-state index is 0.265. The average molecular weight is 780 g/mol. The number of rotatable bonds is 6. The lowest BCUT2D eigenvalue weighted by Gasteiger charge is -2.32. The van der Waals surface area contributed by atoms with Gasteiger partial charge < -0.3 is 4.42 Å². The molecule has 0 N–H and O–H groups in total. The molecule has 0 saturated heterocycles. The Morgan fingerprint density at radius 3 is 2.17 bits per heavy atom. The van der Waals surface area contributed by atoms with E-state index in [4.69, 9.17) is 16.0 Å². The molecule has 300 valence electrons. The van der Waals surface area contributed by atoms with Gasteiger partial charge >= 0.3 is 0 Å². The zero-order valence-electron chi connectivity index (χ0n) is 37.0. The van der Waals surface area contributed by atoms with Crippen LogP contribution < -0.4 is 9.13 Å². The third-order valence-electron chi connectivity index (χ3n) is 14.0. The summed E-state index contributed by atoms with van der Waals surface area (Å²) in [5.74, 6) is 1.50. The number of hydrogen-bond donors (Lipinski definition) is 0. The molecule has 4 nitrogen and oxygen atoms in total. The Morgan fingerprint density at radius 1 is 0.746 bits per heavy atom. The molecule has 0 amide bonds. The van der Waals surface area contributed by atoms with Crippen molar-refractivity contribution in [2.75, 3.05) is 0 Å². The van der Waals surface area contributed by atoms with E-state index in [1.54, 1.807) is 0 Å². The second kappa shape index (κ2) is 15.0. The van der Waals surface area contributed by atoms with Crippen molar-refractivity contribution >= 4 is 27.8 Å². The number of pyridine rings is 3. The van der Waals surface area contributed by atoms with Gasteiger partial charge in [0.1, 0.15) is 0 Å². The largest absolute Gasteiger partial charge is 0.437 e. The normalized spacial score (nSPS) is 16.4. The summed E-state index contributed by atoms with van der Waals surface area (Å²) in [7, 11) is 0. The van der Waals surface area contributed by atoms with Crippen LogP contribution in [0.15, 0.2) is 96.2 Å². The first-order chi connectivity index (χ1) is 28.4. The number of nitrogens with zero attached hydrogens (tertiary/aromatic N) is 3. The summed E-state index contributed by atoms with van der Waals surface area (Å²) in [5.41, 5.74) is 22.1. The fraction of sp³-hybridized carbons (Fsp3) is 0.364. The molecule has 0 fully saturated rings. The van der Waals surface area contributed by atoms with Crippen molar-refractivity contribution in [3.8, 4) is 33.8 Å². The van der Waals surface area contributed by atoms with Gasteiger partial charge in [-0.3, -0.25) is 0 Å². The fourth-order valence-corrected chi connectivity index (χ4v) is 10.6. The second-order valence-corrected chi connectivity index (χ2v) is 18.4. The van der Waals surface area contributed by atoms with E-state index < -0.39 is 0 Å². The maximum Gasteiger partial charge on any atom is 0.227 e. The molecule has 2 aliphatic rings. The number of fused-ring (bicyclic) bond motifs is 13. The van der Waals surface area contributed by atoms with Gasteiger partial charge in [-0.25, -0.2) is 4.98 Å². The molecule has 2 unspecified atom stereocenters. The van der Waals surface area contributed by atoms with Crippen molar-refractivity contribution in [2.24, 2.45) is 0 Å². The van der Waals surface area contributed by atoms with E-state index in [0.29, 0.717) is 23.5 Å². The van der Waals surface area contributed by atoms with E-state index in [-0.39, 0.29) is 12.0 Å². The molecule has 59 heavy (non-hydrogen) atoms. The standard InChI is InChI=1S/C55H61N3O/c1-12-38(13-2)47-30-57-37(11)28-46-45-25-33(7)17-20-42(45)50-26-34(8)36(10)29-58(50)49(46)24-19-39-18-21-43-44-22-23-48(53-40(31(3)4)15-14-16-41(53)32(5)6)56-55(44)59-54(43)52(39)51(57)27-35(47)9/h14-18,20-23,25-27,29-32,38,46,49H,11-13,19,24,28H2,1-10H3/q+2. The number of allylic oxidation sites excluding steroid dienone is 1. The number of furan rings is 1. The van der Waals surface area contributed by atoms with Gasteiger partial charge in [0.25, 0.3) is 0 Å². The second-order valence-electron chi connectivity index (χ2n) is 18.4. The molecule has 7 aromatic rings. The summed E-state index contributed by atoms with van der Waals surface area (Å²) in [5, 5.41) is 2.17. The molecule has 0 bridgehead atoms. The average Bonchev–Trinajstić information content (AvgIpc) is 3.59. The Bertz CT molecular complexity index is 2790. The molecule has 6 heterocycles. The Morgan fingerprint density at radius 2 is 1.46 bits per heavy atom. The van der Waals surface area contributed by atoms with Crippen molar-refractivity contribution in [3.63, 3.8) is 0 Å². The van der Waals surface area contributed by atoms with Crippen molar-refractivity contribution in [1.29, 1.82) is 0 Å². The molecular formula is C55H61N3O+2. The van der Waals surface area contributed by atoms with Gasteiger partial charge in [0, 0.05) is 58.0 Å². The monoisotopic (exact) mass is 779 g/mol. The van der Waals surface area contributed by atoms with Gasteiger partial charge in [-0.2, -0.15) is 9.13 Å². The van der Waals surface area contributed by atoms with Crippen LogP contribution in [0.25, 0.3) is 61.5 Å². The third-order valence-corrected chi connectivity index (χ3v) is 14.0. The predicted molar refractivity (Wildman–Crippen MR) is 245 cm³/mol. The van der Waals surface area contributed by atoms with Gasteiger partial charge in [0.15, 0.2) is 29.7 Å². The zero-order valence-corrected chi connectivity index (χ0v) is 37.0. The van der Waals surface area contributed by atoms with E-state index in [2.05, 4.69) is 164 Å². The fourth-order valence-electron chi connectivity index (χ4n) is 10.6. The van der Waals surface area contributed by atoms with Crippen molar-refractivity contribution in [2.45, 2.75) is 131 Å². The minimum atomic E-state index is 0.265. The molecule has 0 aliphatic carbocycles. The number of aromatic nitrogens is 3. The molecule has 4 aromatic heterocycles. The highest BCUT2D eigenvalue weighted by atomic mass is 16.3. The SMILES string of the molecule is C=C1CC2c3cc(C)ccc3-c3cc(C)c(C)c[n+]3C2CCc2ccc3c(oc4nc(-c5c(C(C)C)cccc5C(C)C)ccc43)c2-c2cc(C)c(C(CC)CC)c[n+]21. The Labute approximate surface area is 351 Å². The number of hydrogen-bond acceptors (Lipinski definition) is 2. The summed E-state index contributed by atoms with van der Waals surface area (Å²) < 4.78 is 12.2. The van der Waals surface area contributed by atoms with Crippen molar-refractivity contribution in [1.82, 2.24) is 4.98 Å². The number of benzene rings is 3. The van der Waals surface area contributed by atoms with Crippen LogP contribution in [0, 0.1) is 27.7 Å². The van der Waals surface area contributed by atoms with E-state index in [1.165, 1.54) is 72.5 Å². The highest BCUT2D eigenvalue weighted by molar-refractivity contribution is 6.09. The summed E-state index contributed by atoms with van der Waals surface area (Å²) in [6.45, 7) is 27.8. The lowest BCUT2D eigenvalue weighted by Crippen LogP contribution is -2.49. The van der Waals surface area contributed by atoms with E-state index in [0.717, 1.165) is 65.5 Å². The van der Waals surface area contributed by atoms with E-state index in [1.807, 2.05) is 0 Å². The first-order valence-corrected chi connectivity index (χ1v) is 22.2. The van der Waals surface area contributed by atoms with Gasteiger partial charge in [0.05, 0.1) is 17.2 Å². The summed E-state index contributed by atoms with van der Waals surface area (Å²) >= 11 is 0. The summed E-state index contributed by atoms with van der Waals surface area (Å²) in [4.78, 5) is 5.37. The molecule has 4 heteroatoms. The smallest absolute Gasteiger partial charge is 0.227 e. The Kier molecular flexibility index (Phi) is 9.97. The number of aryl methyl sites for hydroxylation is 5. The van der Waals surface area contributed by atoms with Crippen molar-refractivity contribution < 1.29 is 13.6 Å². The van der Waals surface area contributed by atoms with Gasteiger partial charge in [0.2, 0.25) is 17.1 Å². The summed E-state index contributed by atoms with van der Waals surface area (Å²) in [6.07, 6.45) is 9.84. The zero-order chi connectivity index (χ0) is 41.4. The lowest BCUT2D eigenvalue weighted by molar-refractivity contribution is -0.719. The van der Waals surface area contributed by atoms with Gasteiger partial charge in [-0.05, 0) is 123 Å². The quantitative estimate of drug-likeness (QED) is 0.158. The highest BCUT2D eigenvalue weighted by Crippen LogP contribution is 2.47. The summed E-state index contributed by atoms with van der Waals surface area (Å²) in [6, 6.07) is 28.1. The highest BCUT2D eigenvalue weighted by Gasteiger charge is 2.43. The maximum absolute atomic E-state index is 7.13. The van der Waals surface area contributed by atoms with Crippen LogP contribution in [0.5, 0.6) is 0 Å². The Balaban J connectivity index is 1.29. The van der Waals surface area contributed by atoms with Crippen LogP contribution in [0.2, 0.25) is 0 Å². The van der Waals surface area contributed by atoms with Crippen LogP contribution in [-0.2, 0) is 6.42 Å². The lowest BCUT2D eigenvalue weighted by atomic mass is 9.76. The molecule has 0 saturated carbocycles. The molecule has 2 atom stereocenters. The molecular weight excluding hydrogens is 719 g/mol. The van der Waals surface area contributed by atoms with E-state index >= 15 is 0 Å². The van der Waals surface area contributed by atoms with Crippen LogP contribution in [0.1, 0.15) is 147 Å². The van der Waals surface area contributed by atoms with Crippen LogP contribution in [0.4, 0.5) is 0 Å². The Hall–Kier alpha value is -5.35. The van der Waals surface area contributed by atoms with Crippen LogP contribution in [0.3, 0.4) is 0 Å².